The van der Waals surface area contributed by atoms with Crippen LogP contribution in [0.4, 0.5) is 5.69 Å². The monoisotopic (exact) mass is 424 g/mol. The van der Waals surface area contributed by atoms with Crippen molar-refractivity contribution in [2.24, 2.45) is 0 Å². The maximum Gasteiger partial charge on any atom is 0.340 e. The van der Waals surface area contributed by atoms with Gasteiger partial charge in [-0.2, -0.15) is 0 Å². The van der Waals surface area contributed by atoms with Crippen LogP contribution in [-0.4, -0.2) is 55.7 Å². The van der Waals surface area contributed by atoms with Crippen molar-refractivity contribution in [1.29, 1.82) is 0 Å². The van der Waals surface area contributed by atoms with E-state index in [1.54, 1.807) is 19.1 Å². The number of aryl methyl sites for hydroxylation is 1. The molecule has 0 aromatic heterocycles. The lowest BCUT2D eigenvalue weighted by Gasteiger charge is -2.41. The number of likely N-dealkylation sites (tertiary alicyclic amines) is 1. The van der Waals surface area contributed by atoms with Crippen molar-refractivity contribution in [1.82, 2.24) is 4.90 Å². The number of nitrogens with zero attached hydrogens (tertiary/aromatic N) is 1. The lowest BCUT2D eigenvalue weighted by Crippen LogP contribution is -2.55. The summed E-state index contributed by atoms with van der Waals surface area (Å²) < 4.78 is 10.3. The summed E-state index contributed by atoms with van der Waals surface area (Å²) >= 11 is 0. The van der Waals surface area contributed by atoms with Gasteiger partial charge >= 0.3 is 11.9 Å². The predicted molar refractivity (Wildman–Crippen MR) is 121 cm³/mol. The second-order valence-corrected chi connectivity index (χ2v) is 7.98. The first-order valence-corrected chi connectivity index (χ1v) is 10.9. The van der Waals surface area contributed by atoms with Crippen molar-refractivity contribution in [3.8, 4) is 0 Å². The van der Waals surface area contributed by atoms with Crippen molar-refractivity contribution in [2.75, 3.05) is 38.7 Å². The molecule has 6 heteroatoms. The van der Waals surface area contributed by atoms with Gasteiger partial charge in [-0.15, -0.1) is 0 Å². The topological polar surface area (TPSA) is 67.9 Å². The molecule has 2 aromatic carbocycles. The Morgan fingerprint density at radius 1 is 1.06 bits per heavy atom. The molecule has 0 bridgehead atoms. The number of hydrogen-bond acceptors (Lipinski definition) is 6. The molecule has 0 unspecified atom stereocenters. The SMILES string of the molecule is CCOC(=O)c1ccccc1NC1(C(=O)OC)CCN(CCc2ccccc2C)CC1. The number of methoxy groups -OCH3 is 1. The molecule has 1 fully saturated rings. The number of hydrogen-bond donors (Lipinski definition) is 1. The first-order chi connectivity index (χ1) is 15.0. The van der Waals surface area contributed by atoms with E-state index in [0.29, 0.717) is 30.7 Å². The Labute approximate surface area is 184 Å². The molecule has 0 spiro atoms. The largest absolute Gasteiger partial charge is 0.467 e. The van der Waals surface area contributed by atoms with Gasteiger partial charge in [0.15, 0.2) is 0 Å². The summed E-state index contributed by atoms with van der Waals surface area (Å²) in [6.07, 6.45) is 2.19. The Kier molecular flexibility index (Phi) is 7.69. The van der Waals surface area contributed by atoms with Gasteiger partial charge in [0.2, 0.25) is 0 Å². The van der Waals surface area contributed by atoms with E-state index < -0.39 is 11.5 Å². The molecule has 0 saturated carbocycles. The van der Waals surface area contributed by atoms with E-state index in [2.05, 4.69) is 41.4 Å². The van der Waals surface area contributed by atoms with Crippen LogP contribution >= 0.6 is 0 Å². The van der Waals surface area contributed by atoms with Crippen LogP contribution in [0.15, 0.2) is 48.5 Å². The third kappa shape index (κ3) is 5.44. The molecular weight excluding hydrogens is 392 g/mol. The van der Waals surface area contributed by atoms with Gasteiger partial charge in [0, 0.05) is 25.3 Å². The van der Waals surface area contributed by atoms with Gasteiger partial charge in [0.25, 0.3) is 0 Å². The van der Waals surface area contributed by atoms with Gasteiger partial charge < -0.3 is 19.7 Å². The Hall–Kier alpha value is -2.86. The van der Waals surface area contributed by atoms with Crippen LogP contribution in [0.25, 0.3) is 0 Å². The van der Waals surface area contributed by atoms with E-state index in [9.17, 15) is 9.59 Å². The average Bonchev–Trinajstić information content (AvgIpc) is 2.79. The number of rotatable bonds is 8. The van der Waals surface area contributed by atoms with E-state index in [1.165, 1.54) is 18.2 Å². The Morgan fingerprint density at radius 2 is 1.74 bits per heavy atom. The Bertz CT molecular complexity index is 904. The number of esters is 2. The van der Waals surface area contributed by atoms with Crippen LogP contribution in [0.5, 0.6) is 0 Å². The molecule has 0 atom stereocenters. The fraction of sp³-hybridized carbons (Fsp3) is 0.440. The second kappa shape index (κ2) is 10.4. The van der Waals surface area contributed by atoms with Crippen molar-refractivity contribution < 1.29 is 19.1 Å². The molecule has 1 heterocycles. The summed E-state index contributed by atoms with van der Waals surface area (Å²) in [7, 11) is 1.41. The summed E-state index contributed by atoms with van der Waals surface area (Å²) in [5, 5.41) is 3.35. The lowest BCUT2D eigenvalue weighted by molar-refractivity contribution is -0.147. The van der Waals surface area contributed by atoms with Gasteiger partial charge in [0.05, 0.1) is 19.3 Å². The van der Waals surface area contributed by atoms with E-state index in [4.69, 9.17) is 9.47 Å². The van der Waals surface area contributed by atoms with Crippen molar-refractivity contribution in [3.05, 3.63) is 65.2 Å². The molecule has 31 heavy (non-hydrogen) atoms. The quantitative estimate of drug-likeness (QED) is 0.650. The van der Waals surface area contributed by atoms with Crippen LogP contribution in [0.1, 0.15) is 41.3 Å². The molecule has 0 amide bonds. The van der Waals surface area contributed by atoms with E-state index in [-0.39, 0.29) is 5.97 Å². The molecule has 2 aromatic rings. The number of carbonyl (C=O) groups excluding carboxylic acids is 2. The highest BCUT2D eigenvalue weighted by Crippen LogP contribution is 2.30. The highest BCUT2D eigenvalue weighted by Gasteiger charge is 2.43. The number of ether oxygens (including phenoxy) is 2. The lowest BCUT2D eigenvalue weighted by atomic mass is 9.86. The van der Waals surface area contributed by atoms with Gasteiger partial charge in [-0.3, -0.25) is 0 Å². The van der Waals surface area contributed by atoms with Crippen LogP contribution in [0.2, 0.25) is 0 Å². The Balaban J connectivity index is 1.70. The zero-order chi connectivity index (χ0) is 22.3. The third-order valence-electron chi connectivity index (χ3n) is 6.04. The minimum Gasteiger partial charge on any atom is -0.467 e. The standard InChI is InChI=1S/C25H32N2O4/c1-4-31-23(28)21-11-7-8-12-22(21)26-25(24(29)30-3)14-17-27(18-15-25)16-13-20-10-6-5-9-19(20)2/h5-12,26H,4,13-18H2,1-3H3. The van der Waals surface area contributed by atoms with Gasteiger partial charge in [0.1, 0.15) is 5.54 Å². The fourth-order valence-electron chi connectivity index (χ4n) is 4.14. The predicted octanol–water partition coefficient (Wildman–Crippen LogP) is 3.83. The van der Waals surface area contributed by atoms with Gasteiger partial charge in [-0.05, 0) is 56.4 Å². The van der Waals surface area contributed by atoms with Crippen molar-refractivity contribution in [2.45, 2.75) is 38.6 Å². The van der Waals surface area contributed by atoms with Gasteiger partial charge in [-0.25, -0.2) is 9.59 Å². The van der Waals surface area contributed by atoms with E-state index in [0.717, 1.165) is 26.1 Å². The van der Waals surface area contributed by atoms with Crippen molar-refractivity contribution >= 4 is 17.6 Å². The zero-order valence-electron chi connectivity index (χ0n) is 18.6. The molecule has 0 aliphatic carbocycles. The van der Waals surface area contributed by atoms with Crippen LogP contribution in [0.3, 0.4) is 0 Å². The van der Waals surface area contributed by atoms with Crippen molar-refractivity contribution in [3.63, 3.8) is 0 Å². The number of benzene rings is 2. The molecule has 1 aliphatic heterocycles. The number of carbonyl (C=O) groups is 2. The molecule has 0 radical (unpaired) electrons. The van der Waals surface area contributed by atoms with Crippen LogP contribution in [0, 0.1) is 6.92 Å². The van der Waals surface area contributed by atoms with Crippen LogP contribution in [-0.2, 0) is 20.7 Å². The number of anilines is 1. The zero-order valence-corrected chi connectivity index (χ0v) is 18.6. The minimum absolute atomic E-state index is 0.297. The summed E-state index contributed by atoms with van der Waals surface area (Å²) in [6.45, 7) is 6.70. The second-order valence-electron chi connectivity index (χ2n) is 7.98. The van der Waals surface area contributed by atoms with E-state index >= 15 is 0 Å². The number of nitrogens with one attached hydrogen (secondary N) is 1. The average molecular weight is 425 g/mol. The summed E-state index contributed by atoms with van der Waals surface area (Å²) in [6, 6.07) is 15.6. The van der Waals surface area contributed by atoms with E-state index in [1.807, 2.05) is 12.1 Å². The first kappa shape index (κ1) is 22.8. The summed E-state index contributed by atoms with van der Waals surface area (Å²) in [5.74, 6) is -0.703. The van der Waals surface area contributed by atoms with Crippen LogP contribution < -0.4 is 5.32 Å². The fourth-order valence-corrected chi connectivity index (χ4v) is 4.14. The molecule has 3 rings (SSSR count). The molecule has 6 nitrogen and oxygen atoms in total. The highest BCUT2D eigenvalue weighted by atomic mass is 16.5. The molecule has 166 valence electrons. The van der Waals surface area contributed by atoms with Gasteiger partial charge in [-0.1, -0.05) is 36.4 Å². The maximum absolute atomic E-state index is 12.8. The minimum atomic E-state index is -0.865. The summed E-state index contributed by atoms with van der Waals surface area (Å²) in [5.41, 5.74) is 2.82. The molecular formula is C25H32N2O4. The number of para-hydroxylation sites is 1. The first-order valence-electron chi connectivity index (χ1n) is 10.9. The number of piperidine rings is 1. The third-order valence-corrected chi connectivity index (χ3v) is 6.04. The molecule has 1 saturated heterocycles. The highest BCUT2D eigenvalue weighted by molar-refractivity contribution is 5.97. The smallest absolute Gasteiger partial charge is 0.340 e. The molecule has 1 N–H and O–H groups in total. The summed E-state index contributed by atoms with van der Waals surface area (Å²) in [4.78, 5) is 27.6. The maximum atomic E-state index is 12.8. The Morgan fingerprint density at radius 3 is 2.42 bits per heavy atom. The normalized spacial score (nSPS) is 15.8. The molecule has 1 aliphatic rings.